The fraction of sp³-hybridized carbons (Fsp3) is 0.222. The molecule has 9 heteroatoms. The standard InChI is InChI=1S/C18H15ClN4O4/c1-27-13-2-3-14-10(8-13)6-11(16(19)21-14)7-12-9-15(23(25)26)17-20-4-5-22(17)18(12)24/h2-3,6,8-9,20H,4-5,7H2,1H3. The van der Waals surface area contributed by atoms with Crippen LogP contribution >= 0.6 is 11.6 Å². The highest BCUT2D eigenvalue weighted by atomic mass is 35.5. The quantitative estimate of drug-likeness (QED) is 0.420. The number of pyridine rings is 2. The van der Waals surface area contributed by atoms with Crippen LogP contribution in [0.1, 0.15) is 11.1 Å². The summed E-state index contributed by atoms with van der Waals surface area (Å²) >= 11 is 6.30. The number of halogens is 1. The van der Waals surface area contributed by atoms with E-state index in [1.54, 1.807) is 19.2 Å². The van der Waals surface area contributed by atoms with E-state index in [0.717, 1.165) is 5.39 Å². The summed E-state index contributed by atoms with van der Waals surface area (Å²) < 4.78 is 6.63. The number of nitrogens with one attached hydrogen (secondary N) is 1. The first kappa shape index (κ1) is 17.3. The molecule has 0 atom stereocenters. The molecule has 3 heterocycles. The fourth-order valence-electron chi connectivity index (χ4n) is 3.29. The van der Waals surface area contributed by atoms with Gasteiger partial charge in [0.25, 0.3) is 5.56 Å². The van der Waals surface area contributed by atoms with Gasteiger partial charge in [0.2, 0.25) is 0 Å². The number of fused-ring (bicyclic) bond motifs is 2. The zero-order chi connectivity index (χ0) is 19.1. The predicted molar refractivity (Wildman–Crippen MR) is 102 cm³/mol. The average Bonchev–Trinajstić information content (AvgIpc) is 3.14. The van der Waals surface area contributed by atoms with E-state index in [9.17, 15) is 14.9 Å². The molecule has 4 rings (SSSR count). The molecule has 0 radical (unpaired) electrons. The minimum absolute atomic E-state index is 0.117. The summed E-state index contributed by atoms with van der Waals surface area (Å²) in [5.41, 5.74) is 1.25. The Morgan fingerprint density at radius 2 is 2.15 bits per heavy atom. The molecule has 1 N–H and O–H groups in total. The first-order chi connectivity index (χ1) is 13.0. The summed E-state index contributed by atoms with van der Waals surface area (Å²) in [7, 11) is 1.57. The Kier molecular flexibility index (Phi) is 4.19. The van der Waals surface area contributed by atoms with Crippen LogP contribution in [0.25, 0.3) is 10.9 Å². The van der Waals surface area contributed by atoms with Crippen LogP contribution in [0.5, 0.6) is 5.75 Å². The molecule has 1 aliphatic rings. The molecule has 0 saturated heterocycles. The van der Waals surface area contributed by atoms with Crippen molar-refractivity contribution < 1.29 is 9.66 Å². The Hall–Kier alpha value is -3.13. The Morgan fingerprint density at radius 3 is 2.89 bits per heavy atom. The summed E-state index contributed by atoms with van der Waals surface area (Å²) in [4.78, 5) is 28.0. The third-order valence-electron chi connectivity index (χ3n) is 4.60. The molecule has 1 aromatic carbocycles. The number of hydrogen-bond donors (Lipinski definition) is 1. The Bertz CT molecular complexity index is 1140. The van der Waals surface area contributed by atoms with Gasteiger partial charge in [-0.3, -0.25) is 19.5 Å². The van der Waals surface area contributed by atoms with Crippen molar-refractivity contribution in [2.24, 2.45) is 0 Å². The second kappa shape index (κ2) is 6.55. The lowest BCUT2D eigenvalue weighted by Gasteiger charge is -2.10. The lowest BCUT2D eigenvalue weighted by Crippen LogP contribution is -2.23. The van der Waals surface area contributed by atoms with E-state index in [2.05, 4.69) is 10.3 Å². The normalized spacial score (nSPS) is 12.7. The molecule has 2 aromatic heterocycles. The van der Waals surface area contributed by atoms with Gasteiger partial charge < -0.3 is 10.1 Å². The predicted octanol–water partition coefficient (Wildman–Crippen LogP) is 2.98. The van der Waals surface area contributed by atoms with Gasteiger partial charge in [0.1, 0.15) is 10.9 Å². The highest BCUT2D eigenvalue weighted by Crippen LogP contribution is 2.29. The lowest BCUT2D eigenvalue weighted by atomic mass is 10.0. The van der Waals surface area contributed by atoms with E-state index < -0.39 is 4.92 Å². The molecule has 138 valence electrons. The molecule has 0 amide bonds. The van der Waals surface area contributed by atoms with Gasteiger partial charge in [0.05, 0.1) is 17.5 Å². The van der Waals surface area contributed by atoms with Gasteiger partial charge in [0.15, 0.2) is 5.82 Å². The maximum Gasteiger partial charge on any atom is 0.310 e. The van der Waals surface area contributed by atoms with Crippen LogP contribution in [0.3, 0.4) is 0 Å². The van der Waals surface area contributed by atoms with Gasteiger partial charge in [-0.15, -0.1) is 0 Å². The number of hydrogen-bond acceptors (Lipinski definition) is 6. The van der Waals surface area contributed by atoms with Gasteiger partial charge in [-0.05, 0) is 29.8 Å². The zero-order valence-electron chi connectivity index (χ0n) is 14.4. The third kappa shape index (κ3) is 2.97. The van der Waals surface area contributed by atoms with Crippen LogP contribution in [0.4, 0.5) is 11.5 Å². The number of benzene rings is 1. The van der Waals surface area contributed by atoms with E-state index in [-0.39, 0.29) is 28.6 Å². The van der Waals surface area contributed by atoms with Gasteiger partial charge >= 0.3 is 5.69 Å². The van der Waals surface area contributed by atoms with Crippen molar-refractivity contribution in [2.75, 3.05) is 19.0 Å². The van der Waals surface area contributed by atoms with Crippen LogP contribution in [-0.4, -0.2) is 28.1 Å². The Morgan fingerprint density at radius 1 is 1.33 bits per heavy atom. The van der Waals surface area contributed by atoms with Crippen molar-refractivity contribution in [3.63, 3.8) is 0 Å². The summed E-state index contributed by atoms with van der Waals surface area (Å²) in [6.07, 6.45) is 0.152. The van der Waals surface area contributed by atoms with Crippen LogP contribution in [0, 0.1) is 10.1 Å². The third-order valence-corrected chi connectivity index (χ3v) is 4.92. The molecule has 0 bridgehead atoms. The summed E-state index contributed by atoms with van der Waals surface area (Å²) in [6, 6.07) is 8.55. The first-order valence-electron chi connectivity index (χ1n) is 8.26. The topological polar surface area (TPSA) is 99.3 Å². The Balaban J connectivity index is 1.82. The SMILES string of the molecule is COc1ccc2nc(Cl)c(Cc3cc([N+](=O)[O-])c4n(c3=O)CCN4)cc2c1. The highest BCUT2D eigenvalue weighted by Gasteiger charge is 2.26. The zero-order valence-corrected chi connectivity index (χ0v) is 15.1. The summed E-state index contributed by atoms with van der Waals surface area (Å²) in [5.74, 6) is 0.929. The largest absolute Gasteiger partial charge is 0.497 e. The van der Waals surface area contributed by atoms with E-state index >= 15 is 0 Å². The summed E-state index contributed by atoms with van der Waals surface area (Å²) in [5, 5.41) is 15.4. The van der Waals surface area contributed by atoms with Gasteiger partial charge in [-0.25, -0.2) is 4.98 Å². The van der Waals surface area contributed by atoms with Crippen molar-refractivity contribution in [3.05, 3.63) is 67.1 Å². The molecule has 0 saturated carbocycles. The molecule has 0 unspecified atom stereocenters. The lowest BCUT2D eigenvalue weighted by molar-refractivity contribution is -0.384. The number of rotatable bonds is 4. The molecule has 3 aromatic rings. The fourth-order valence-corrected chi connectivity index (χ4v) is 3.50. The molecule has 0 fully saturated rings. The molecule has 8 nitrogen and oxygen atoms in total. The highest BCUT2D eigenvalue weighted by molar-refractivity contribution is 6.30. The molecule has 27 heavy (non-hydrogen) atoms. The van der Waals surface area contributed by atoms with Crippen molar-refractivity contribution in [2.45, 2.75) is 13.0 Å². The van der Waals surface area contributed by atoms with Crippen molar-refractivity contribution in [1.82, 2.24) is 9.55 Å². The maximum atomic E-state index is 12.7. The monoisotopic (exact) mass is 386 g/mol. The van der Waals surface area contributed by atoms with E-state index in [4.69, 9.17) is 16.3 Å². The van der Waals surface area contributed by atoms with Crippen molar-refractivity contribution in [1.29, 1.82) is 0 Å². The number of aromatic nitrogens is 2. The number of ether oxygens (including phenoxy) is 1. The van der Waals surface area contributed by atoms with Crippen LogP contribution in [0.2, 0.25) is 5.15 Å². The van der Waals surface area contributed by atoms with E-state index in [1.807, 2.05) is 12.1 Å². The smallest absolute Gasteiger partial charge is 0.310 e. The molecular formula is C18H15ClN4O4. The maximum absolute atomic E-state index is 12.7. The van der Waals surface area contributed by atoms with Crippen molar-refractivity contribution in [3.8, 4) is 5.75 Å². The molecule has 0 spiro atoms. The van der Waals surface area contributed by atoms with E-state index in [1.165, 1.54) is 10.6 Å². The number of methoxy groups -OCH3 is 1. The van der Waals surface area contributed by atoms with Gasteiger partial charge in [-0.1, -0.05) is 11.6 Å². The summed E-state index contributed by atoms with van der Waals surface area (Å²) in [6.45, 7) is 0.876. The van der Waals surface area contributed by atoms with Gasteiger partial charge in [-0.2, -0.15) is 0 Å². The molecular weight excluding hydrogens is 372 g/mol. The number of nitro groups is 1. The number of anilines is 1. The Labute approximate surface area is 158 Å². The van der Waals surface area contributed by atoms with Crippen LogP contribution in [-0.2, 0) is 13.0 Å². The van der Waals surface area contributed by atoms with E-state index in [0.29, 0.717) is 35.5 Å². The molecule has 1 aliphatic heterocycles. The minimum atomic E-state index is -0.488. The average molecular weight is 387 g/mol. The van der Waals surface area contributed by atoms with Crippen molar-refractivity contribution >= 4 is 34.0 Å². The minimum Gasteiger partial charge on any atom is -0.497 e. The van der Waals surface area contributed by atoms with Crippen LogP contribution in [0.15, 0.2) is 35.1 Å². The second-order valence-corrected chi connectivity index (χ2v) is 6.58. The number of nitrogens with zero attached hydrogens (tertiary/aromatic N) is 3. The second-order valence-electron chi connectivity index (χ2n) is 6.22. The first-order valence-corrected chi connectivity index (χ1v) is 8.64. The van der Waals surface area contributed by atoms with Crippen LogP contribution < -0.4 is 15.6 Å². The van der Waals surface area contributed by atoms with Gasteiger partial charge in [0, 0.05) is 36.5 Å². The molecule has 0 aliphatic carbocycles.